The molecule has 28 heteroatoms. The second-order valence-electron chi connectivity index (χ2n) is 16.2. The van der Waals surface area contributed by atoms with Gasteiger partial charge in [0, 0.05) is 92.1 Å². The van der Waals surface area contributed by atoms with Gasteiger partial charge in [-0.25, -0.2) is 9.59 Å². The molecule has 2 fully saturated rings. The number of benzene rings is 2. The second kappa shape index (κ2) is 22.6. The number of hydrogen-bond donors (Lipinski definition) is 0. The maximum Gasteiger partial charge on any atom is 0.344 e. The highest BCUT2D eigenvalue weighted by Gasteiger charge is 2.55. The highest BCUT2D eigenvalue weighted by Crippen LogP contribution is 2.48. The van der Waals surface area contributed by atoms with Gasteiger partial charge in [0.05, 0.1) is 10.8 Å². The van der Waals surface area contributed by atoms with Crippen LogP contribution < -0.4 is 30.2 Å². The third kappa shape index (κ3) is 12.4. The Balaban J connectivity index is 1.64. The normalized spacial score (nSPS) is 23.4. The molecule has 10 atom stereocenters. The number of carbonyl (C=O) groups is 10. The zero-order valence-corrected chi connectivity index (χ0v) is 40.8. The van der Waals surface area contributed by atoms with Gasteiger partial charge in [-0.05, 0) is 0 Å². The molecular weight excluding hydrogens is 1000 g/mol. The Morgan fingerprint density at radius 2 is 0.703 bits per heavy atom. The molecule has 2 aromatic carbocycles. The Labute approximate surface area is 414 Å². The number of hydrogen-bond acceptors (Lipinski definition) is 28. The van der Waals surface area contributed by atoms with Crippen molar-refractivity contribution in [1.29, 1.82) is 0 Å². The van der Waals surface area contributed by atoms with Crippen LogP contribution in [0.4, 0.5) is 0 Å². The fraction of sp³-hybridized carbons (Fsp3) is 0.478. The Hall–Kier alpha value is -8.40. The zero-order valence-electron chi connectivity index (χ0n) is 40.8. The molecule has 2 aliphatic heterocycles. The molecule has 0 amide bonds. The topological polar surface area (TPSA) is 360 Å². The van der Waals surface area contributed by atoms with E-state index in [1.165, 1.54) is 0 Å². The lowest BCUT2D eigenvalue weighted by molar-refractivity contribution is -0.288. The van der Waals surface area contributed by atoms with Crippen LogP contribution in [0.5, 0.6) is 23.0 Å². The van der Waals surface area contributed by atoms with E-state index in [1.54, 1.807) is 0 Å². The Morgan fingerprint density at radius 3 is 0.986 bits per heavy atom. The quantitative estimate of drug-likeness (QED) is 0.0501. The van der Waals surface area contributed by atoms with E-state index in [9.17, 15) is 57.5 Å². The molecule has 398 valence electrons. The maximum absolute atomic E-state index is 14.3. The fourth-order valence-corrected chi connectivity index (χ4v) is 8.03. The third-order valence-electron chi connectivity index (χ3n) is 10.4. The second-order valence-corrected chi connectivity index (χ2v) is 16.2. The van der Waals surface area contributed by atoms with Gasteiger partial charge < -0.3 is 75.2 Å². The molecular formula is C46H46O28. The van der Waals surface area contributed by atoms with Gasteiger partial charge in [0.15, 0.2) is 47.1 Å². The van der Waals surface area contributed by atoms with E-state index in [1.807, 2.05) is 0 Å². The van der Waals surface area contributed by atoms with Gasteiger partial charge in [0.1, 0.15) is 25.4 Å². The average Bonchev–Trinajstić information content (AvgIpc) is 3.26. The summed E-state index contributed by atoms with van der Waals surface area (Å²) in [6, 6.07) is 1.82. The van der Waals surface area contributed by atoms with E-state index in [-0.39, 0.29) is 10.8 Å². The SMILES string of the molecule is CC(=O)OC[C@H]1O[C@@H](Oc2c(OC(C)=O)cc3c(=O)oc4c(O[C@@H]5O[C@H](COC(C)=O)[C@@H](OC(C)=O)[C@H](OC(C)=O)[C@H]5OC(C)=O)c(OC(C)=O)cc5c(=O)oc2c3c45)[C@H](OC(C)=O)[C@@H](OC(C)=O)[C@@H]1OC(C)=O. The number of esters is 10. The van der Waals surface area contributed by atoms with Crippen molar-refractivity contribution in [2.45, 2.75) is 131 Å². The standard InChI is InChI=1S/C46H46O28/c1-15(47)59-13-29-35(63-19(5)51)39(65-21(7)53)41(67-23(9)55)45(69-29)73-33-27(61-17(3)49)11-25-31-32-26(43(57)71-37(31)33)12-28(62-18(4)50)34(38(32)72-44(25)58)74-46-42(68-24(10)56)40(66-22(8)54)36(64-20(6)52)30(70-46)14-60-16(2)48/h11-12,29-30,35-36,39-42,45-46H,13-14H2,1-10H3/t29-,30-,35-,36-,39+,40+,41-,42-,45+,46+/m1/s1. The first-order valence-corrected chi connectivity index (χ1v) is 21.9. The molecule has 2 saturated heterocycles. The van der Waals surface area contributed by atoms with E-state index in [0.717, 1.165) is 81.4 Å². The van der Waals surface area contributed by atoms with Gasteiger partial charge >= 0.3 is 70.9 Å². The highest BCUT2D eigenvalue weighted by atomic mass is 16.8. The molecule has 28 nitrogen and oxygen atoms in total. The van der Waals surface area contributed by atoms with Crippen LogP contribution in [0.1, 0.15) is 69.2 Å². The first-order valence-electron chi connectivity index (χ1n) is 21.9. The van der Waals surface area contributed by atoms with Crippen molar-refractivity contribution in [1.82, 2.24) is 0 Å². The van der Waals surface area contributed by atoms with Crippen LogP contribution in [0.25, 0.3) is 32.7 Å². The van der Waals surface area contributed by atoms with Gasteiger partial charge in [-0.1, -0.05) is 0 Å². The minimum absolute atomic E-state index is 0.386. The van der Waals surface area contributed by atoms with Crippen LogP contribution in [-0.2, 0) is 95.3 Å². The van der Waals surface area contributed by atoms with Crippen molar-refractivity contribution in [2.24, 2.45) is 0 Å². The number of ether oxygens (including phenoxy) is 14. The smallest absolute Gasteiger partial charge is 0.344 e. The molecule has 2 aromatic heterocycles. The summed E-state index contributed by atoms with van der Waals surface area (Å²) in [4.78, 5) is 153. The monoisotopic (exact) mass is 1050 g/mol. The lowest BCUT2D eigenvalue weighted by Crippen LogP contribution is -2.63. The molecule has 0 unspecified atom stereocenters. The van der Waals surface area contributed by atoms with E-state index in [0.29, 0.717) is 0 Å². The summed E-state index contributed by atoms with van der Waals surface area (Å²) in [7, 11) is 0. The molecule has 0 bridgehead atoms. The van der Waals surface area contributed by atoms with Crippen molar-refractivity contribution in [3.63, 3.8) is 0 Å². The van der Waals surface area contributed by atoms with Crippen molar-refractivity contribution < 1.29 is 123 Å². The van der Waals surface area contributed by atoms with Crippen LogP contribution in [0, 0.1) is 0 Å². The summed E-state index contributed by atoms with van der Waals surface area (Å²) in [5.41, 5.74) is -4.09. The maximum atomic E-state index is 14.3. The van der Waals surface area contributed by atoms with Crippen LogP contribution >= 0.6 is 0 Å². The predicted molar refractivity (Wildman–Crippen MR) is 235 cm³/mol. The summed E-state index contributed by atoms with van der Waals surface area (Å²) in [6.07, 6.45) is -18.1. The minimum atomic E-state index is -2.07. The lowest BCUT2D eigenvalue weighted by Gasteiger charge is -2.44. The van der Waals surface area contributed by atoms with E-state index >= 15 is 0 Å². The van der Waals surface area contributed by atoms with Crippen LogP contribution in [-0.4, -0.2) is 134 Å². The molecule has 0 radical (unpaired) electrons. The molecule has 6 rings (SSSR count). The summed E-state index contributed by atoms with van der Waals surface area (Å²) in [6.45, 7) is 8.31. The highest BCUT2D eigenvalue weighted by molar-refractivity contribution is 6.22. The number of carbonyl (C=O) groups excluding carboxylic acids is 10. The van der Waals surface area contributed by atoms with Gasteiger partial charge in [-0.15, -0.1) is 0 Å². The van der Waals surface area contributed by atoms with Crippen molar-refractivity contribution >= 4 is 92.4 Å². The Kier molecular flexibility index (Phi) is 16.8. The van der Waals surface area contributed by atoms with Gasteiger partial charge in [-0.2, -0.15) is 0 Å². The Bertz CT molecular complexity index is 2840. The molecule has 4 heterocycles. The summed E-state index contributed by atoms with van der Waals surface area (Å²) < 4.78 is 90.2. The first kappa shape index (κ1) is 54.9. The van der Waals surface area contributed by atoms with Crippen LogP contribution in [0.3, 0.4) is 0 Å². The van der Waals surface area contributed by atoms with Gasteiger partial charge in [-0.3, -0.25) is 47.9 Å². The van der Waals surface area contributed by atoms with E-state index in [2.05, 4.69) is 0 Å². The van der Waals surface area contributed by atoms with Gasteiger partial charge in [0.25, 0.3) is 0 Å². The number of rotatable bonds is 16. The predicted octanol–water partition coefficient (Wildman–Crippen LogP) is 1.26. The average molecular weight is 1050 g/mol. The zero-order chi connectivity index (χ0) is 54.6. The Morgan fingerprint density at radius 1 is 0.405 bits per heavy atom. The first-order chi connectivity index (χ1) is 34.7. The third-order valence-corrected chi connectivity index (χ3v) is 10.4. The van der Waals surface area contributed by atoms with Crippen LogP contribution in [0.15, 0.2) is 30.6 Å². The molecule has 0 saturated carbocycles. The largest absolute Gasteiger partial charge is 0.463 e. The van der Waals surface area contributed by atoms with Crippen molar-refractivity contribution in [3.8, 4) is 23.0 Å². The molecule has 4 aromatic rings. The molecule has 2 aliphatic rings. The molecule has 74 heavy (non-hydrogen) atoms. The van der Waals surface area contributed by atoms with E-state index in [4.69, 9.17) is 75.2 Å². The van der Waals surface area contributed by atoms with Crippen molar-refractivity contribution in [2.75, 3.05) is 13.2 Å². The summed E-state index contributed by atoms with van der Waals surface area (Å²) in [5.74, 6) is -12.7. The lowest BCUT2D eigenvalue weighted by atomic mass is 9.97. The van der Waals surface area contributed by atoms with Gasteiger partial charge in [0.2, 0.25) is 36.3 Å². The van der Waals surface area contributed by atoms with Crippen LogP contribution in [0.2, 0.25) is 0 Å². The fourth-order valence-electron chi connectivity index (χ4n) is 8.03. The molecule has 0 aliphatic carbocycles. The molecule has 0 N–H and O–H groups in total. The van der Waals surface area contributed by atoms with E-state index < -0.39 is 191 Å². The molecule has 0 spiro atoms. The van der Waals surface area contributed by atoms with Crippen molar-refractivity contribution in [3.05, 3.63) is 33.0 Å². The summed E-state index contributed by atoms with van der Waals surface area (Å²) >= 11 is 0. The summed E-state index contributed by atoms with van der Waals surface area (Å²) in [5, 5.41) is -1.76. The minimum Gasteiger partial charge on any atom is -0.463 e.